The van der Waals surface area contributed by atoms with E-state index in [1.165, 1.54) is 10.4 Å². The second-order valence-corrected chi connectivity index (χ2v) is 5.31. The molecule has 2 aromatic heterocycles. The van der Waals surface area contributed by atoms with Crippen LogP contribution in [0.1, 0.15) is 23.2 Å². The van der Waals surface area contributed by atoms with Gasteiger partial charge in [-0.05, 0) is 30.4 Å². The second kappa shape index (κ2) is 5.44. The number of aromatic nitrogens is 2. The maximum Gasteiger partial charge on any atom is 0.211 e. The molecule has 1 aliphatic rings. The average molecular weight is 276 g/mol. The van der Waals surface area contributed by atoms with Gasteiger partial charge in [0, 0.05) is 30.4 Å². The first-order chi connectivity index (χ1) is 9.38. The molecule has 100 valence electrons. The first kappa shape index (κ1) is 12.2. The Morgan fingerprint density at radius 3 is 3.37 bits per heavy atom. The number of hydrogen-bond acceptors (Lipinski definition) is 4. The third-order valence-corrected chi connectivity index (χ3v) is 4.12. The van der Waals surface area contributed by atoms with Crippen LogP contribution in [0.5, 0.6) is 0 Å². The monoisotopic (exact) mass is 276 g/mol. The number of hydrogen-bond donors (Lipinski definition) is 1. The first-order valence-corrected chi connectivity index (χ1v) is 7.26. The number of nitrogens with one attached hydrogen (secondary N) is 1. The van der Waals surface area contributed by atoms with Crippen molar-refractivity contribution >= 4 is 17.2 Å². The highest BCUT2D eigenvalue weighted by Crippen LogP contribution is 2.24. The molecule has 0 aliphatic carbocycles. The number of oxime groups is 1. The summed E-state index contributed by atoms with van der Waals surface area (Å²) in [6, 6.07) is 2.19. The Morgan fingerprint density at radius 2 is 2.58 bits per heavy atom. The van der Waals surface area contributed by atoms with Gasteiger partial charge in [-0.15, -0.1) is 11.3 Å². The van der Waals surface area contributed by atoms with Gasteiger partial charge in [0.15, 0.2) is 5.82 Å². The summed E-state index contributed by atoms with van der Waals surface area (Å²) in [6.07, 6.45) is 4.59. The number of H-pyrrole nitrogens is 1. The average Bonchev–Trinajstić information content (AvgIpc) is 3.09. The molecule has 0 bridgehead atoms. The molecule has 0 atom stereocenters. The molecule has 3 rings (SSSR count). The maximum atomic E-state index is 5.23. The van der Waals surface area contributed by atoms with Gasteiger partial charge >= 0.3 is 0 Å². The van der Waals surface area contributed by atoms with Crippen molar-refractivity contribution in [3.05, 3.63) is 40.1 Å². The first-order valence-electron chi connectivity index (χ1n) is 6.38. The van der Waals surface area contributed by atoms with Gasteiger partial charge in [0.25, 0.3) is 0 Å². The van der Waals surface area contributed by atoms with Gasteiger partial charge in [0.1, 0.15) is 6.61 Å². The van der Waals surface area contributed by atoms with E-state index < -0.39 is 0 Å². The van der Waals surface area contributed by atoms with E-state index in [0.717, 1.165) is 31.2 Å². The molecule has 2 aromatic rings. The van der Waals surface area contributed by atoms with Gasteiger partial charge < -0.3 is 14.7 Å². The lowest BCUT2D eigenvalue weighted by Gasteiger charge is -2.28. The van der Waals surface area contributed by atoms with Crippen molar-refractivity contribution in [2.75, 3.05) is 13.2 Å². The van der Waals surface area contributed by atoms with E-state index in [0.29, 0.717) is 6.61 Å². The van der Waals surface area contributed by atoms with E-state index in [1.807, 2.05) is 18.3 Å². The van der Waals surface area contributed by atoms with Crippen LogP contribution in [0.3, 0.4) is 0 Å². The van der Waals surface area contributed by atoms with Crippen molar-refractivity contribution in [3.63, 3.8) is 0 Å². The minimum absolute atomic E-state index is 0.557. The second-order valence-electron chi connectivity index (χ2n) is 4.31. The third kappa shape index (κ3) is 2.49. The van der Waals surface area contributed by atoms with Crippen LogP contribution < -0.4 is 0 Å². The van der Waals surface area contributed by atoms with Gasteiger partial charge in [-0.3, -0.25) is 0 Å². The summed E-state index contributed by atoms with van der Waals surface area (Å²) in [4.78, 5) is 16.3. The van der Waals surface area contributed by atoms with Crippen LogP contribution in [-0.4, -0.2) is 33.9 Å². The van der Waals surface area contributed by atoms with E-state index in [1.54, 1.807) is 12.4 Å². The molecule has 0 aromatic carbocycles. The fourth-order valence-corrected chi connectivity index (χ4v) is 3.08. The highest BCUT2D eigenvalue weighted by atomic mass is 32.1. The Balaban J connectivity index is 1.85. The lowest BCUT2D eigenvalue weighted by Crippen LogP contribution is -2.36. The third-order valence-electron chi connectivity index (χ3n) is 3.10. The summed E-state index contributed by atoms with van der Waals surface area (Å²) in [5.74, 6) is 1.54. The summed E-state index contributed by atoms with van der Waals surface area (Å²) in [5, 5.41) is 6.37. The minimum atomic E-state index is 0.557. The van der Waals surface area contributed by atoms with Gasteiger partial charge in [-0.25, -0.2) is 4.98 Å². The SMILES string of the molecule is CCON=C(c1ncc[nH]1)N1CCc2sccc2C1. The summed E-state index contributed by atoms with van der Waals surface area (Å²) in [5.41, 5.74) is 1.38. The molecule has 5 nitrogen and oxygen atoms in total. The number of aromatic amines is 1. The van der Waals surface area contributed by atoms with E-state index in [-0.39, 0.29) is 0 Å². The molecule has 0 unspecified atom stereocenters. The maximum absolute atomic E-state index is 5.23. The van der Waals surface area contributed by atoms with E-state index in [2.05, 4.69) is 31.5 Å². The molecule has 0 amide bonds. The molecule has 1 N–H and O–H groups in total. The number of imidazole rings is 1. The molecule has 0 saturated carbocycles. The van der Waals surface area contributed by atoms with Gasteiger partial charge in [0.05, 0.1) is 0 Å². The Hall–Kier alpha value is -1.82. The number of amidine groups is 1. The summed E-state index contributed by atoms with van der Waals surface area (Å²) >= 11 is 1.83. The summed E-state index contributed by atoms with van der Waals surface area (Å²) in [7, 11) is 0. The van der Waals surface area contributed by atoms with Crippen molar-refractivity contribution in [3.8, 4) is 0 Å². The predicted molar refractivity (Wildman–Crippen MR) is 75.2 cm³/mol. The smallest absolute Gasteiger partial charge is 0.211 e. The molecule has 0 spiro atoms. The highest BCUT2D eigenvalue weighted by Gasteiger charge is 2.23. The van der Waals surface area contributed by atoms with E-state index >= 15 is 0 Å². The predicted octanol–water partition coefficient (Wildman–Crippen LogP) is 2.23. The largest absolute Gasteiger partial charge is 0.394 e. The summed E-state index contributed by atoms with van der Waals surface area (Å²) in [6.45, 7) is 4.30. The van der Waals surface area contributed by atoms with Crippen LogP contribution in [0.15, 0.2) is 29.0 Å². The van der Waals surface area contributed by atoms with Crippen molar-refractivity contribution in [1.29, 1.82) is 0 Å². The van der Waals surface area contributed by atoms with Gasteiger partial charge in [-0.1, -0.05) is 5.16 Å². The fraction of sp³-hybridized carbons (Fsp3) is 0.385. The van der Waals surface area contributed by atoms with Crippen LogP contribution in [-0.2, 0) is 17.8 Å². The summed E-state index contributed by atoms with van der Waals surface area (Å²) < 4.78 is 0. The zero-order valence-corrected chi connectivity index (χ0v) is 11.6. The molecule has 0 radical (unpaired) electrons. The number of thiophene rings is 1. The van der Waals surface area contributed by atoms with Crippen molar-refractivity contribution in [2.24, 2.45) is 5.16 Å². The van der Waals surface area contributed by atoms with Crippen LogP contribution in [0.2, 0.25) is 0 Å². The molecular formula is C13H16N4OS. The number of nitrogens with zero attached hydrogens (tertiary/aromatic N) is 3. The Bertz CT molecular complexity index is 561. The zero-order chi connectivity index (χ0) is 13.1. The quantitative estimate of drug-likeness (QED) is 0.531. The molecule has 6 heteroatoms. The standard InChI is InChI=1S/C13H16N4OS/c1-2-18-16-13(12-14-5-6-15-12)17-7-3-11-10(9-17)4-8-19-11/h4-6,8H,2-3,7,9H2,1H3,(H,14,15). The molecule has 19 heavy (non-hydrogen) atoms. The fourth-order valence-electron chi connectivity index (χ4n) is 2.19. The lowest BCUT2D eigenvalue weighted by molar-refractivity contribution is 0.152. The van der Waals surface area contributed by atoms with Crippen molar-refractivity contribution in [1.82, 2.24) is 14.9 Å². The van der Waals surface area contributed by atoms with Crippen LogP contribution in [0.25, 0.3) is 0 Å². The number of fused-ring (bicyclic) bond motifs is 1. The zero-order valence-electron chi connectivity index (χ0n) is 10.8. The molecule has 3 heterocycles. The molecule has 0 saturated heterocycles. The minimum Gasteiger partial charge on any atom is -0.394 e. The highest BCUT2D eigenvalue weighted by molar-refractivity contribution is 7.10. The lowest BCUT2D eigenvalue weighted by atomic mass is 10.1. The Morgan fingerprint density at radius 1 is 1.63 bits per heavy atom. The van der Waals surface area contributed by atoms with E-state index in [9.17, 15) is 0 Å². The topological polar surface area (TPSA) is 53.5 Å². The van der Waals surface area contributed by atoms with Crippen LogP contribution >= 0.6 is 11.3 Å². The van der Waals surface area contributed by atoms with Crippen LogP contribution in [0, 0.1) is 0 Å². The van der Waals surface area contributed by atoms with Crippen molar-refractivity contribution in [2.45, 2.75) is 19.9 Å². The van der Waals surface area contributed by atoms with Crippen molar-refractivity contribution < 1.29 is 4.84 Å². The van der Waals surface area contributed by atoms with Crippen LogP contribution in [0.4, 0.5) is 0 Å². The Kier molecular flexibility index (Phi) is 3.50. The molecule has 0 fully saturated rings. The van der Waals surface area contributed by atoms with Gasteiger partial charge in [-0.2, -0.15) is 0 Å². The number of rotatable bonds is 3. The Labute approximate surface area is 115 Å². The normalized spacial score (nSPS) is 15.4. The van der Waals surface area contributed by atoms with E-state index in [4.69, 9.17) is 4.84 Å². The molecular weight excluding hydrogens is 260 g/mol. The van der Waals surface area contributed by atoms with Gasteiger partial charge in [0.2, 0.25) is 5.84 Å². The molecule has 1 aliphatic heterocycles.